The summed E-state index contributed by atoms with van der Waals surface area (Å²) in [5, 5.41) is 3.24. The molecule has 2 aliphatic rings. The zero-order valence-corrected chi connectivity index (χ0v) is 8.36. The number of ether oxygens (including phenoxy) is 2. The molecule has 0 radical (unpaired) electrons. The zero-order chi connectivity index (χ0) is 9.97. The number of hydrogen-bond donors (Lipinski definition) is 1. The first-order valence-electron chi connectivity index (χ1n) is 5.04. The number of amides is 1. The monoisotopic (exact) mass is 200 g/mol. The predicted molar refractivity (Wildman–Crippen MR) is 49.8 cm³/mol. The third-order valence-electron chi connectivity index (χ3n) is 2.75. The first-order valence-corrected chi connectivity index (χ1v) is 5.04. The second-order valence-corrected chi connectivity index (χ2v) is 3.69. The van der Waals surface area contributed by atoms with E-state index < -0.39 is 0 Å². The third kappa shape index (κ3) is 1.83. The molecule has 0 saturated carbocycles. The van der Waals surface area contributed by atoms with E-state index in [2.05, 4.69) is 5.32 Å². The van der Waals surface area contributed by atoms with E-state index in [0.717, 1.165) is 19.7 Å². The van der Waals surface area contributed by atoms with Crippen LogP contribution in [0.3, 0.4) is 0 Å². The van der Waals surface area contributed by atoms with E-state index in [9.17, 15) is 4.79 Å². The van der Waals surface area contributed by atoms with Gasteiger partial charge in [-0.15, -0.1) is 0 Å². The van der Waals surface area contributed by atoms with Crippen LogP contribution in [0.5, 0.6) is 0 Å². The fourth-order valence-corrected chi connectivity index (χ4v) is 2.01. The predicted octanol–water partition coefficient (Wildman–Crippen LogP) is 0.0206. The van der Waals surface area contributed by atoms with E-state index in [0.29, 0.717) is 25.3 Å². The molecule has 2 unspecified atom stereocenters. The van der Waals surface area contributed by atoms with Gasteiger partial charge >= 0.3 is 6.09 Å². The maximum atomic E-state index is 11.4. The molecule has 2 fully saturated rings. The van der Waals surface area contributed by atoms with Gasteiger partial charge in [0.2, 0.25) is 0 Å². The molecule has 5 nitrogen and oxygen atoms in total. The minimum absolute atomic E-state index is 0.205. The Morgan fingerprint density at radius 2 is 2.50 bits per heavy atom. The summed E-state index contributed by atoms with van der Waals surface area (Å²) in [6, 6.07) is 0.383. The van der Waals surface area contributed by atoms with Crippen molar-refractivity contribution in [1.82, 2.24) is 10.2 Å². The smallest absolute Gasteiger partial charge is 0.409 e. The van der Waals surface area contributed by atoms with Crippen LogP contribution in [0.1, 0.15) is 6.92 Å². The topological polar surface area (TPSA) is 50.8 Å². The first kappa shape index (κ1) is 9.73. The Morgan fingerprint density at radius 1 is 1.64 bits per heavy atom. The second kappa shape index (κ2) is 4.14. The fraction of sp³-hybridized carbons (Fsp3) is 0.889. The summed E-state index contributed by atoms with van der Waals surface area (Å²) in [6.07, 6.45) is -0.205. The number of fused-ring (bicyclic) bond motifs is 1. The average Bonchev–Trinajstić information content (AvgIpc) is 2.61. The maximum Gasteiger partial charge on any atom is 0.409 e. The van der Waals surface area contributed by atoms with Gasteiger partial charge in [0.1, 0.15) is 0 Å². The van der Waals surface area contributed by atoms with Crippen LogP contribution in [0.25, 0.3) is 0 Å². The van der Waals surface area contributed by atoms with Crippen LogP contribution in [0.15, 0.2) is 0 Å². The highest BCUT2D eigenvalue weighted by molar-refractivity contribution is 5.68. The maximum absolute atomic E-state index is 11.4. The van der Waals surface area contributed by atoms with Crippen molar-refractivity contribution in [2.75, 3.05) is 33.0 Å². The van der Waals surface area contributed by atoms with Crippen LogP contribution in [-0.2, 0) is 9.47 Å². The van der Waals surface area contributed by atoms with E-state index in [1.165, 1.54) is 0 Å². The van der Waals surface area contributed by atoms with Crippen molar-refractivity contribution in [2.45, 2.75) is 13.0 Å². The van der Waals surface area contributed by atoms with Crippen molar-refractivity contribution in [3.05, 3.63) is 0 Å². The van der Waals surface area contributed by atoms with E-state index in [-0.39, 0.29) is 6.09 Å². The number of nitrogens with one attached hydrogen (secondary N) is 1. The van der Waals surface area contributed by atoms with Crippen LogP contribution in [-0.4, -0.2) is 50.1 Å². The molecule has 2 atom stereocenters. The van der Waals surface area contributed by atoms with Crippen molar-refractivity contribution in [3.63, 3.8) is 0 Å². The summed E-state index contributed by atoms with van der Waals surface area (Å²) in [6.45, 7) is 5.09. The molecule has 0 aromatic rings. The van der Waals surface area contributed by atoms with E-state index in [4.69, 9.17) is 9.47 Å². The van der Waals surface area contributed by atoms with Gasteiger partial charge in [-0.1, -0.05) is 0 Å². The van der Waals surface area contributed by atoms with Gasteiger partial charge in [-0.2, -0.15) is 0 Å². The van der Waals surface area contributed by atoms with Crippen molar-refractivity contribution in [2.24, 2.45) is 5.92 Å². The van der Waals surface area contributed by atoms with Gasteiger partial charge in [-0.3, -0.25) is 5.32 Å². The summed E-state index contributed by atoms with van der Waals surface area (Å²) in [5.41, 5.74) is 0. The molecular formula is C9H16N2O3. The zero-order valence-electron chi connectivity index (χ0n) is 8.36. The lowest BCUT2D eigenvalue weighted by atomic mass is 10.0. The van der Waals surface area contributed by atoms with Gasteiger partial charge < -0.3 is 14.4 Å². The van der Waals surface area contributed by atoms with Gasteiger partial charge in [0, 0.05) is 25.0 Å². The quantitative estimate of drug-likeness (QED) is 0.648. The molecule has 14 heavy (non-hydrogen) atoms. The number of likely N-dealkylation sites (tertiary alicyclic amines) is 1. The number of hydrogen-bond acceptors (Lipinski definition) is 4. The van der Waals surface area contributed by atoms with E-state index in [1.807, 2.05) is 6.92 Å². The molecule has 0 aromatic carbocycles. The highest BCUT2D eigenvalue weighted by atomic mass is 16.6. The Kier molecular flexibility index (Phi) is 2.88. The number of nitrogens with zero attached hydrogens (tertiary/aromatic N) is 1. The minimum atomic E-state index is -0.205. The molecule has 1 N–H and O–H groups in total. The van der Waals surface area contributed by atoms with Crippen LogP contribution in [0, 0.1) is 5.92 Å². The molecule has 2 rings (SSSR count). The Labute approximate surface area is 83.3 Å². The van der Waals surface area contributed by atoms with Crippen molar-refractivity contribution < 1.29 is 14.3 Å². The molecule has 0 bridgehead atoms. The number of carbonyl (C=O) groups excluding carboxylic acids is 1. The lowest BCUT2D eigenvalue weighted by Gasteiger charge is -2.24. The summed E-state index contributed by atoms with van der Waals surface area (Å²) >= 11 is 0. The third-order valence-corrected chi connectivity index (χ3v) is 2.75. The summed E-state index contributed by atoms with van der Waals surface area (Å²) in [5.74, 6) is 0.424. The first-order chi connectivity index (χ1) is 6.81. The Hall–Kier alpha value is -0.810. The molecule has 2 aliphatic heterocycles. The average molecular weight is 200 g/mol. The van der Waals surface area contributed by atoms with E-state index >= 15 is 0 Å². The molecule has 2 heterocycles. The van der Waals surface area contributed by atoms with Crippen molar-refractivity contribution in [1.29, 1.82) is 0 Å². The SMILES string of the molecule is CCOC(=O)N1CC2COCNC2C1. The standard InChI is InChI=1S/C9H16N2O3/c1-2-14-9(12)11-3-7-5-13-6-10-8(7)4-11/h7-8,10H,2-6H2,1H3. The van der Waals surface area contributed by atoms with Gasteiger partial charge in [0.15, 0.2) is 0 Å². The Morgan fingerprint density at radius 3 is 3.21 bits per heavy atom. The molecular weight excluding hydrogens is 184 g/mol. The Balaban J connectivity index is 1.89. The molecule has 0 spiro atoms. The fourth-order valence-electron chi connectivity index (χ4n) is 2.01. The normalized spacial score (nSPS) is 31.4. The van der Waals surface area contributed by atoms with Gasteiger partial charge in [0.25, 0.3) is 0 Å². The molecule has 0 aromatic heterocycles. The van der Waals surface area contributed by atoms with Crippen LogP contribution >= 0.6 is 0 Å². The van der Waals surface area contributed by atoms with Crippen molar-refractivity contribution in [3.8, 4) is 0 Å². The molecule has 80 valence electrons. The van der Waals surface area contributed by atoms with Crippen LogP contribution in [0.2, 0.25) is 0 Å². The lowest BCUT2D eigenvalue weighted by molar-refractivity contribution is 0.0341. The summed E-state index contributed by atoms with van der Waals surface area (Å²) < 4.78 is 10.2. The van der Waals surface area contributed by atoms with Crippen LogP contribution < -0.4 is 5.32 Å². The molecule has 2 saturated heterocycles. The summed E-state index contributed by atoms with van der Waals surface area (Å²) in [4.78, 5) is 13.2. The lowest BCUT2D eigenvalue weighted by Crippen LogP contribution is -2.44. The van der Waals surface area contributed by atoms with Crippen LogP contribution in [0.4, 0.5) is 4.79 Å². The largest absolute Gasteiger partial charge is 0.450 e. The Bertz CT molecular complexity index is 208. The minimum Gasteiger partial charge on any atom is -0.450 e. The van der Waals surface area contributed by atoms with E-state index in [1.54, 1.807) is 4.90 Å². The highest BCUT2D eigenvalue weighted by Gasteiger charge is 2.37. The van der Waals surface area contributed by atoms with Gasteiger partial charge in [-0.05, 0) is 6.92 Å². The number of carbonyl (C=O) groups is 1. The number of rotatable bonds is 1. The highest BCUT2D eigenvalue weighted by Crippen LogP contribution is 2.20. The van der Waals surface area contributed by atoms with Crippen molar-refractivity contribution >= 4 is 6.09 Å². The van der Waals surface area contributed by atoms with Gasteiger partial charge in [0.05, 0.1) is 19.9 Å². The second-order valence-electron chi connectivity index (χ2n) is 3.69. The molecule has 0 aliphatic carbocycles. The molecule has 5 heteroatoms. The molecule has 1 amide bonds. The summed E-state index contributed by atoms with van der Waals surface area (Å²) in [7, 11) is 0. The van der Waals surface area contributed by atoms with Gasteiger partial charge in [-0.25, -0.2) is 4.79 Å².